The van der Waals surface area contributed by atoms with Crippen LogP contribution in [0.4, 0.5) is 18.9 Å². The fraction of sp³-hybridized carbons (Fsp3) is 0.208. The van der Waals surface area contributed by atoms with E-state index < -0.39 is 18.2 Å². The van der Waals surface area contributed by atoms with Gasteiger partial charge in [-0.05, 0) is 42.8 Å². The number of aliphatic carboxylic acids is 1. The SMILES string of the molecule is N#Cc1cc(-n2ccccc2=O)ccc1NC(=O)[C@@H]1CC(NC(=O)c2ccc(Cl)s2)CN1.O=C(O)C(F)(F)F. The van der Waals surface area contributed by atoms with Gasteiger partial charge < -0.3 is 21.1 Å². The van der Waals surface area contributed by atoms with E-state index in [1.165, 1.54) is 22.0 Å². The number of carboxylic acid groups (broad SMARTS) is 1. The first kappa shape index (κ1) is 29.4. The quantitative estimate of drug-likeness (QED) is 0.361. The van der Waals surface area contributed by atoms with Gasteiger partial charge in [-0.2, -0.15) is 18.4 Å². The van der Waals surface area contributed by atoms with Gasteiger partial charge in [-0.1, -0.05) is 17.7 Å². The molecule has 0 saturated carbocycles. The van der Waals surface area contributed by atoms with Gasteiger partial charge in [0.25, 0.3) is 11.5 Å². The Hall–Kier alpha value is -4.19. The third-order valence-electron chi connectivity index (χ3n) is 5.30. The topological polar surface area (TPSA) is 153 Å². The van der Waals surface area contributed by atoms with E-state index in [9.17, 15) is 32.8 Å². The standard InChI is InChI=1S/C22H18ClN5O3S.C2HF3O2/c23-19-7-6-18(32-19)22(31)26-14-10-17(25-12-14)21(30)27-16-5-4-15(9-13(16)11-24)28-8-2-1-3-20(28)29;3-2(4,5)1(6)7/h1-9,14,17,25H,10,12H2,(H,26,31)(H,27,30);(H,6,7)/t14?,17-;/m0./s1. The highest BCUT2D eigenvalue weighted by molar-refractivity contribution is 7.18. The lowest BCUT2D eigenvalue weighted by Gasteiger charge is -2.14. The van der Waals surface area contributed by atoms with Crippen LogP contribution in [0.1, 0.15) is 21.7 Å². The summed E-state index contributed by atoms with van der Waals surface area (Å²) in [6.45, 7) is 0.448. The smallest absolute Gasteiger partial charge is 0.475 e. The van der Waals surface area contributed by atoms with Gasteiger partial charge in [-0.25, -0.2) is 4.79 Å². The third-order valence-corrected chi connectivity index (χ3v) is 6.53. The minimum absolute atomic E-state index is 0.207. The molecule has 0 spiro atoms. The Bertz CT molecular complexity index is 1480. The van der Waals surface area contributed by atoms with Gasteiger partial charge in [-0.15, -0.1) is 11.3 Å². The number of nitriles is 1. The number of hydrogen-bond acceptors (Lipinski definition) is 7. The van der Waals surface area contributed by atoms with Gasteiger partial charge in [-0.3, -0.25) is 19.0 Å². The van der Waals surface area contributed by atoms with Crippen molar-refractivity contribution >= 4 is 46.4 Å². The summed E-state index contributed by atoms with van der Waals surface area (Å²) >= 11 is 7.07. The van der Waals surface area contributed by atoms with Gasteiger partial charge in [0.15, 0.2) is 0 Å². The molecule has 204 valence electrons. The number of amides is 2. The van der Waals surface area contributed by atoms with Crippen LogP contribution in [0, 0.1) is 11.3 Å². The molecule has 39 heavy (non-hydrogen) atoms. The summed E-state index contributed by atoms with van der Waals surface area (Å²) < 4.78 is 33.7. The number of rotatable bonds is 5. The Balaban J connectivity index is 0.000000532. The zero-order valence-corrected chi connectivity index (χ0v) is 21.2. The van der Waals surface area contributed by atoms with Crippen LogP contribution in [-0.2, 0) is 9.59 Å². The van der Waals surface area contributed by atoms with Gasteiger partial charge >= 0.3 is 12.1 Å². The molecule has 15 heteroatoms. The number of halogens is 4. The molecule has 1 saturated heterocycles. The third kappa shape index (κ3) is 7.90. The van der Waals surface area contributed by atoms with Crippen LogP contribution in [0.3, 0.4) is 0 Å². The molecule has 1 unspecified atom stereocenters. The van der Waals surface area contributed by atoms with Crippen molar-refractivity contribution in [2.75, 3.05) is 11.9 Å². The number of nitrogens with zero attached hydrogens (tertiary/aromatic N) is 2. The number of carbonyl (C=O) groups is 3. The Morgan fingerprint density at radius 2 is 1.90 bits per heavy atom. The molecule has 4 rings (SSSR count). The van der Waals surface area contributed by atoms with Gasteiger partial charge in [0.2, 0.25) is 5.91 Å². The van der Waals surface area contributed by atoms with Crippen molar-refractivity contribution in [1.29, 1.82) is 5.26 Å². The summed E-state index contributed by atoms with van der Waals surface area (Å²) in [6.07, 6.45) is -3.06. The first-order valence-electron chi connectivity index (χ1n) is 11.0. The van der Waals surface area contributed by atoms with Crippen LogP contribution in [-0.4, -0.2) is 52.3 Å². The van der Waals surface area contributed by atoms with Crippen molar-refractivity contribution in [2.45, 2.75) is 24.7 Å². The normalized spacial score (nSPS) is 16.4. The lowest BCUT2D eigenvalue weighted by molar-refractivity contribution is -0.192. The van der Waals surface area contributed by atoms with Crippen LogP contribution in [0.5, 0.6) is 0 Å². The number of thiophene rings is 1. The molecule has 1 fully saturated rings. The number of alkyl halides is 3. The number of nitrogens with one attached hydrogen (secondary N) is 3. The Labute approximate surface area is 227 Å². The molecule has 0 aliphatic carbocycles. The van der Waals surface area contributed by atoms with Crippen LogP contribution in [0.15, 0.2) is 59.5 Å². The Morgan fingerprint density at radius 3 is 2.49 bits per heavy atom. The second-order valence-corrected chi connectivity index (χ2v) is 9.73. The molecule has 3 heterocycles. The fourth-order valence-corrected chi connectivity index (χ4v) is 4.43. The van der Waals surface area contributed by atoms with E-state index in [0.717, 1.165) is 0 Å². The number of carboxylic acids is 1. The van der Waals surface area contributed by atoms with E-state index in [4.69, 9.17) is 21.5 Å². The molecule has 1 aromatic carbocycles. The maximum absolute atomic E-state index is 12.7. The zero-order chi connectivity index (χ0) is 28.7. The van der Waals surface area contributed by atoms with E-state index in [1.807, 2.05) is 0 Å². The van der Waals surface area contributed by atoms with Crippen molar-refractivity contribution in [2.24, 2.45) is 0 Å². The highest BCUT2D eigenvalue weighted by Crippen LogP contribution is 2.22. The first-order valence-corrected chi connectivity index (χ1v) is 12.2. The first-order chi connectivity index (χ1) is 18.4. The van der Waals surface area contributed by atoms with Crippen LogP contribution >= 0.6 is 22.9 Å². The fourth-order valence-electron chi connectivity index (χ4n) is 3.48. The monoisotopic (exact) mass is 581 g/mol. The summed E-state index contributed by atoms with van der Waals surface area (Å²) in [6, 6.07) is 14.2. The summed E-state index contributed by atoms with van der Waals surface area (Å²) in [7, 11) is 0. The second kappa shape index (κ2) is 12.6. The van der Waals surface area contributed by atoms with E-state index >= 15 is 0 Å². The van der Waals surface area contributed by atoms with E-state index in [2.05, 4.69) is 22.0 Å². The van der Waals surface area contributed by atoms with Crippen molar-refractivity contribution in [3.63, 3.8) is 0 Å². The number of benzene rings is 1. The molecular weight excluding hydrogens is 563 g/mol. The maximum Gasteiger partial charge on any atom is 0.490 e. The van der Waals surface area contributed by atoms with Crippen LogP contribution < -0.4 is 21.5 Å². The van der Waals surface area contributed by atoms with Crippen molar-refractivity contribution in [1.82, 2.24) is 15.2 Å². The largest absolute Gasteiger partial charge is 0.490 e. The molecule has 1 aliphatic rings. The summed E-state index contributed by atoms with van der Waals surface area (Å²) in [4.78, 5) is 46.5. The molecule has 2 amide bonds. The minimum atomic E-state index is -5.08. The van der Waals surface area contributed by atoms with Gasteiger partial charge in [0.05, 0.1) is 32.2 Å². The van der Waals surface area contributed by atoms with Gasteiger partial charge in [0.1, 0.15) is 6.07 Å². The van der Waals surface area contributed by atoms with Crippen molar-refractivity contribution in [3.05, 3.63) is 79.9 Å². The van der Waals surface area contributed by atoms with Crippen LogP contribution in [0.2, 0.25) is 4.34 Å². The number of carbonyl (C=O) groups excluding carboxylic acids is 2. The van der Waals surface area contributed by atoms with E-state index in [-0.39, 0.29) is 29.0 Å². The highest BCUT2D eigenvalue weighted by atomic mass is 35.5. The second-order valence-electron chi connectivity index (χ2n) is 8.01. The molecule has 1 aliphatic heterocycles. The Kier molecular flexibility index (Phi) is 9.47. The average Bonchev–Trinajstić information content (AvgIpc) is 3.53. The molecule has 4 N–H and O–H groups in total. The lowest BCUT2D eigenvalue weighted by atomic mass is 10.1. The molecule has 2 atom stereocenters. The molecule has 3 aromatic rings. The zero-order valence-electron chi connectivity index (χ0n) is 19.7. The summed E-state index contributed by atoms with van der Waals surface area (Å²) in [5.74, 6) is -3.29. The van der Waals surface area contributed by atoms with E-state index in [0.29, 0.717) is 33.6 Å². The van der Waals surface area contributed by atoms with Crippen LogP contribution in [0.25, 0.3) is 5.69 Å². The lowest BCUT2D eigenvalue weighted by Crippen LogP contribution is -2.35. The molecule has 0 radical (unpaired) electrons. The maximum atomic E-state index is 12.7. The summed E-state index contributed by atoms with van der Waals surface area (Å²) in [5, 5.41) is 25.4. The molecule has 2 aromatic heterocycles. The number of anilines is 1. The Morgan fingerprint density at radius 1 is 1.18 bits per heavy atom. The molecule has 0 bridgehead atoms. The number of hydrogen-bond donors (Lipinski definition) is 4. The number of aromatic nitrogens is 1. The average molecular weight is 582 g/mol. The van der Waals surface area contributed by atoms with E-state index in [1.54, 1.807) is 48.7 Å². The molecule has 10 nitrogen and oxygen atoms in total. The van der Waals surface area contributed by atoms with Crippen molar-refractivity contribution in [3.8, 4) is 11.8 Å². The number of pyridine rings is 1. The predicted molar refractivity (Wildman–Crippen MR) is 136 cm³/mol. The highest BCUT2D eigenvalue weighted by Gasteiger charge is 2.38. The molecular formula is C24H19ClF3N5O5S. The predicted octanol–water partition coefficient (Wildman–Crippen LogP) is 3.16. The van der Waals surface area contributed by atoms with Gasteiger partial charge in [0, 0.05) is 24.8 Å². The minimum Gasteiger partial charge on any atom is -0.475 e. The summed E-state index contributed by atoms with van der Waals surface area (Å²) in [5.41, 5.74) is 0.901. The van der Waals surface area contributed by atoms with Crippen molar-refractivity contribution < 1.29 is 32.7 Å².